The molecule has 10 radical (unpaired) electrons. The molecule has 0 unspecified atom stereocenters. The topological polar surface area (TPSA) is 29.1 Å². The van der Waals surface area contributed by atoms with Crippen molar-refractivity contribution < 1.29 is 21.9 Å². The Labute approximate surface area is 139 Å². The zero-order valence-electron chi connectivity index (χ0n) is 11.6. The molecule has 2 fully saturated rings. The maximum Gasteiger partial charge on any atom is 2.00 e. The molecule has 0 bridgehead atoms. The van der Waals surface area contributed by atoms with Gasteiger partial charge in [-0.1, -0.05) is 18.2 Å². The van der Waals surface area contributed by atoms with E-state index in [1.807, 2.05) is 76.0 Å². The molecule has 3 heteroatoms. The molecule has 0 heterocycles. The first-order chi connectivity index (χ1) is 9.86. The first-order valence-electron chi connectivity index (χ1n) is 6.57. The second-order valence-corrected chi connectivity index (χ2v) is 4.30. The Morgan fingerprint density at radius 1 is 0.810 bits per heavy atom. The first-order valence-corrected chi connectivity index (χ1v) is 6.57. The number of hydrogen-bond donors (Lipinski definition) is 1. The molecule has 0 spiro atoms. The maximum absolute atomic E-state index is 11.6. The number of benzene rings is 1. The molecule has 0 aliphatic heterocycles. The van der Waals surface area contributed by atoms with Gasteiger partial charge in [-0.3, -0.25) is 4.79 Å². The summed E-state index contributed by atoms with van der Waals surface area (Å²) in [5.74, 6) is 1.09. The van der Waals surface area contributed by atoms with Crippen LogP contribution in [-0.2, 0) is 17.1 Å². The van der Waals surface area contributed by atoms with Gasteiger partial charge in [0.15, 0.2) is 0 Å². The Morgan fingerprint density at radius 2 is 1.33 bits per heavy atom. The molecule has 21 heavy (non-hydrogen) atoms. The van der Waals surface area contributed by atoms with Gasteiger partial charge in [0.2, 0.25) is 0 Å². The monoisotopic (exact) mass is 319 g/mol. The van der Waals surface area contributed by atoms with Crippen LogP contribution in [0.1, 0.15) is 10.4 Å². The molecule has 2 saturated carbocycles. The van der Waals surface area contributed by atoms with Crippen LogP contribution in [0.5, 0.6) is 0 Å². The van der Waals surface area contributed by atoms with Crippen molar-refractivity contribution in [2.24, 2.45) is 0 Å². The quantitative estimate of drug-likeness (QED) is 0.853. The van der Waals surface area contributed by atoms with E-state index in [2.05, 4.69) is 5.32 Å². The molecule has 0 aromatic heterocycles. The molecule has 2 aliphatic carbocycles. The Bertz CT molecular complexity index is 376. The molecule has 1 aromatic rings. The van der Waals surface area contributed by atoms with Crippen molar-refractivity contribution in [2.75, 3.05) is 6.54 Å². The average molecular weight is 319 g/mol. The summed E-state index contributed by atoms with van der Waals surface area (Å²) < 4.78 is 0. The van der Waals surface area contributed by atoms with Gasteiger partial charge in [-0.05, 0) is 69.9 Å². The molecule has 0 saturated heterocycles. The second-order valence-electron chi connectivity index (χ2n) is 4.30. The van der Waals surface area contributed by atoms with Gasteiger partial charge in [0.25, 0.3) is 5.91 Å². The predicted octanol–water partition coefficient (Wildman–Crippen LogP) is 2.84. The summed E-state index contributed by atoms with van der Waals surface area (Å²) in [7, 11) is 0. The summed E-state index contributed by atoms with van der Waals surface area (Å²) in [6, 6.07) is 9.23. The van der Waals surface area contributed by atoms with Crippen LogP contribution in [0.15, 0.2) is 30.3 Å². The van der Waals surface area contributed by atoms with Gasteiger partial charge in [0, 0.05) is 18.0 Å². The first kappa shape index (κ1) is 18.3. The van der Waals surface area contributed by atoms with Gasteiger partial charge in [0.05, 0.1) is 0 Å². The van der Waals surface area contributed by atoms with Crippen LogP contribution in [0, 0.1) is 63.7 Å². The Hall–Kier alpha value is -0.791. The van der Waals surface area contributed by atoms with Gasteiger partial charge in [-0.15, -0.1) is 0 Å². The summed E-state index contributed by atoms with van der Waals surface area (Å²) in [6.45, 7) is 0.584. The summed E-state index contributed by atoms with van der Waals surface area (Å²) >= 11 is 0. The van der Waals surface area contributed by atoms with E-state index in [4.69, 9.17) is 0 Å². The standard InChI is InChI=1S/C13H12NO.C5H5.Fe/c15-13(12-8-2-1-3-9-12)14-10-11-6-4-5-7-11;1-2-4-5-3-1;/h1-9H,10H2,(H,14,15);1-5H;/q;;+2. The number of amides is 1. The van der Waals surface area contributed by atoms with Crippen LogP contribution in [0.4, 0.5) is 0 Å². The van der Waals surface area contributed by atoms with Crippen molar-refractivity contribution in [2.45, 2.75) is 0 Å². The van der Waals surface area contributed by atoms with Crippen LogP contribution < -0.4 is 5.32 Å². The summed E-state index contributed by atoms with van der Waals surface area (Å²) in [6.07, 6.45) is 17.9. The SMILES string of the molecule is O=C(NC[C]1[CH][CH][CH][CH]1)c1ccccc1.[CH]1[CH][CH][CH][CH]1.[Fe+2]. The third kappa shape index (κ3) is 7.15. The van der Waals surface area contributed by atoms with Gasteiger partial charge < -0.3 is 5.32 Å². The van der Waals surface area contributed by atoms with Crippen LogP contribution >= 0.6 is 0 Å². The van der Waals surface area contributed by atoms with Crippen LogP contribution in [0.3, 0.4) is 0 Å². The van der Waals surface area contributed by atoms with E-state index in [0.29, 0.717) is 12.1 Å². The van der Waals surface area contributed by atoms with E-state index < -0.39 is 0 Å². The summed E-state index contributed by atoms with van der Waals surface area (Å²) in [5, 5.41) is 2.86. The predicted molar refractivity (Wildman–Crippen MR) is 80.7 cm³/mol. The van der Waals surface area contributed by atoms with Gasteiger partial charge in [-0.25, -0.2) is 0 Å². The normalized spacial score (nSPS) is 17.5. The minimum atomic E-state index is -0.0307. The molecule has 106 valence electrons. The molecule has 1 amide bonds. The van der Waals surface area contributed by atoms with Crippen molar-refractivity contribution in [3.8, 4) is 0 Å². The van der Waals surface area contributed by atoms with E-state index >= 15 is 0 Å². The minimum absolute atomic E-state index is 0. The Kier molecular flexibility index (Phi) is 9.45. The van der Waals surface area contributed by atoms with E-state index in [9.17, 15) is 4.79 Å². The second kappa shape index (κ2) is 10.9. The van der Waals surface area contributed by atoms with Crippen LogP contribution in [-0.4, -0.2) is 12.5 Å². The number of nitrogens with one attached hydrogen (secondary N) is 1. The molecule has 3 rings (SSSR count). The number of hydrogen-bond acceptors (Lipinski definition) is 1. The Balaban J connectivity index is 0.000000313. The van der Waals surface area contributed by atoms with Gasteiger partial charge in [0.1, 0.15) is 0 Å². The zero-order chi connectivity index (χ0) is 14.0. The van der Waals surface area contributed by atoms with E-state index in [0.717, 1.165) is 5.92 Å². The van der Waals surface area contributed by atoms with E-state index in [1.165, 1.54) is 0 Å². The van der Waals surface area contributed by atoms with Crippen molar-refractivity contribution >= 4 is 5.91 Å². The molecule has 0 atom stereocenters. The fraction of sp³-hybridized carbons (Fsp3) is 0.0556. The molecular formula is C18H17FeNO+2. The molecule has 2 nitrogen and oxygen atoms in total. The zero-order valence-corrected chi connectivity index (χ0v) is 12.7. The van der Waals surface area contributed by atoms with E-state index in [-0.39, 0.29) is 23.0 Å². The van der Waals surface area contributed by atoms with Crippen molar-refractivity contribution in [1.29, 1.82) is 0 Å². The fourth-order valence-corrected chi connectivity index (χ4v) is 1.73. The number of rotatable bonds is 3. The van der Waals surface area contributed by atoms with E-state index in [1.54, 1.807) is 12.1 Å². The van der Waals surface area contributed by atoms with Gasteiger partial charge in [-0.2, -0.15) is 0 Å². The largest absolute Gasteiger partial charge is 2.00 e. The fourth-order valence-electron chi connectivity index (χ4n) is 1.73. The summed E-state index contributed by atoms with van der Waals surface area (Å²) in [4.78, 5) is 11.6. The average Bonchev–Trinajstić information content (AvgIpc) is 3.21. The minimum Gasteiger partial charge on any atom is -0.351 e. The van der Waals surface area contributed by atoms with Crippen molar-refractivity contribution in [3.63, 3.8) is 0 Å². The van der Waals surface area contributed by atoms with Crippen molar-refractivity contribution in [3.05, 3.63) is 99.6 Å². The van der Waals surface area contributed by atoms with Crippen LogP contribution in [0.25, 0.3) is 0 Å². The molecular weight excluding hydrogens is 302 g/mol. The van der Waals surface area contributed by atoms with Crippen LogP contribution in [0.2, 0.25) is 0 Å². The number of carbonyl (C=O) groups excluding carboxylic acids is 1. The third-order valence-electron chi connectivity index (χ3n) is 2.78. The third-order valence-corrected chi connectivity index (χ3v) is 2.78. The molecule has 2 aliphatic rings. The number of carbonyl (C=O) groups is 1. The Morgan fingerprint density at radius 3 is 1.86 bits per heavy atom. The van der Waals surface area contributed by atoms with Crippen molar-refractivity contribution in [1.82, 2.24) is 5.32 Å². The summed E-state index contributed by atoms with van der Waals surface area (Å²) in [5.41, 5.74) is 0.698. The van der Waals surface area contributed by atoms with Gasteiger partial charge >= 0.3 is 17.1 Å². The molecule has 1 aromatic carbocycles. The maximum atomic E-state index is 11.6. The smallest absolute Gasteiger partial charge is 0.351 e. The molecule has 1 N–H and O–H groups in total.